The van der Waals surface area contributed by atoms with Crippen LogP contribution in [0.1, 0.15) is 21.6 Å². The number of rotatable bonds is 1. The molecule has 0 aliphatic heterocycles. The molecule has 20 heavy (non-hydrogen) atoms. The van der Waals surface area contributed by atoms with Crippen LogP contribution in [-0.4, -0.2) is 20.5 Å². The van der Waals surface area contributed by atoms with Crippen LogP contribution in [0.3, 0.4) is 0 Å². The molecule has 5 nitrogen and oxygen atoms in total. The van der Waals surface area contributed by atoms with Crippen LogP contribution in [0.4, 0.5) is 5.69 Å². The Morgan fingerprint density at radius 3 is 2.70 bits per heavy atom. The van der Waals surface area contributed by atoms with Gasteiger partial charge in [-0.15, -0.1) is 0 Å². The van der Waals surface area contributed by atoms with Gasteiger partial charge in [-0.3, -0.25) is 4.40 Å². The maximum absolute atomic E-state index is 11.5. The Kier molecular flexibility index (Phi) is 2.62. The fourth-order valence-electron chi connectivity index (χ4n) is 2.61. The number of carboxylic acid groups (broad SMARTS) is 1. The second kappa shape index (κ2) is 4.11. The molecular formula is C14H12ClN3O2. The summed E-state index contributed by atoms with van der Waals surface area (Å²) in [7, 11) is 0. The molecule has 0 amide bonds. The number of hydrogen-bond acceptors (Lipinski definition) is 3. The molecule has 0 spiro atoms. The number of anilines is 1. The Morgan fingerprint density at radius 2 is 2.05 bits per heavy atom. The van der Waals surface area contributed by atoms with Crippen LogP contribution in [0, 0.1) is 13.8 Å². The summed E-state index contributed by atoms with van der Waals surface area (Å²) < 4.78 is 1.76. The van der Waals surface area contributed by atoms with E-state index in [2.05, 4.69) is 4.98 Å². The van der Waals surface area contributed by atoms with Crippen molar-refractivity contribution in [3.63, 3.8) is 0 Å². The maximum atomic E-state index is 11.5. The third kappa shape index (κ3) is 1.63. The molecule has 0 unspecified atom stereocenters. The minimum Gasteiger partial charge on any atom is -0.478 e. The number of aromatic nitrogens is 2. The van der Waals surface area contributed by atoms with E-state index in [9.17, 15) is 9.90 Å². The molecule has 0 saturated carbocycles. The van der Waals surface area contributed by atoms with Gasteiger partial charge in [-0.1, -0.05) is 11.6 Å². The predicted molar refractivity (Wildman–Crippen MR) is 78.6 cm³/mol. The zero-order valence-electron chi connectivity index (χ0n) is 10.9. The van der Waals surface area contributed by atoms with Crippen molar-refractivity contribution in [1.29, 1.82) is 0 Å². The number of carbonyl (C=O) groups is 1. The van der Waals surface area contributed by atoms with Crippen LogP contribution in [-0.2, 0) is 0 Å². The lowest BCUT2D eigenvalue weighted by Gasteiger charge is -2.08. The Labute approximate surface area is 119 Å². The van der Waals surface area contributed by atoms with Gasteiger partial charge in [0.1, 0.15) is 5.56 Å². The molecule has 0 radical (unpaired) electrons. The average molecular weight is 290 g/mol. The average Bonchev–Trinajstić information content (AvgIpc) is 2.67. The number of pyridine rings is 1. The van der Waals surface area contributed by atoms with Gasteiger partial charge in [0.2, 0.25) is 0 Å². The van der Waals surface area contributed by atoms with Gasteiger partial charge in [0, 0.05) is 10.7 Å². The Bertz CT molecular complexity index is 883. The van der Waals surface area contributed by atoms with Crippen molar-refractivity contribution in [3.8, 4) is 0 Å². The van der Waals surface area contributed by atoms with Crippen LogP contribution in [0.25, 0.3) is 16.7 Å². The Morgan fingerprint density at radius 1 is 1.35 bits per heavy atom. The van der Waals surface area contributed by atoms with Crippen LogP contribution in [0.5, 0.6) is 0 Å². The van der Waals surface area contributed by atoms with Gasteiger partial charge in [0.15, 0.2) is 5.65 Å². The van der Waals surface area contributed by atoms with Crippen molar-refractivity contribution in [2.24, 2.45) is 0 Å². The quantitative estimate of drug-likeness (QED) is 0.675. The topological polar surface area (TPSA) is 80.6 Å². The monoisotopic (exact) mass is 289 g/mol. The van der Waals surface area contributed by atoms with Crippen LogP contribution >= 0.6 is 11.6 Å². The molecule has 0 bridgehead atoms. The van der Waals surface area contributed by atoms with Crippen molar-refractivity contribution >= 4 is 39.9 Å². The highest BCUT2D eigenvalue weighted by Gasteiger charge is 2.19. The maximum Gasteiger partial charge on any atom is 0.339 e. The number of nitrogens with zero attached hydrogens (tertiary/aromatic N) is 2. The molecule has 1 aromatic carbocycles. The smallest absolute Gasteiger partial charge is 0.339 e. The van der Waals surface area contributed by atoms with Crippen LogP contribution in [0.2, 0.25) is 5.02 Å². The third-order valence-electron chi connectivity index (χ3n) is 3.36. The first kappa shape index (κ1) is 12.7. The van der Waals surface area contributed by atoms with Gasteiger partial charge in [-0.05, 0) is 37.6 Å². The van der Waals surface area contributed by atoms with E-state index in [0.29, 0.717) is 33.0 Å². The highest BCUT2D eigenvalue weighted by molar-refractivity contribution is 6.31. The van der Waals surface area contributed by atoms with Crippen LogP contribution in [0.15, 0.2) is 18.2 Å². The summed E-state index contributed by atoms with van der Waals surface area (Å²) in [4.78, 5) is 15.9. The minimum atomic E-state index is -1.01. The zero-order valence-corrected chi connectivity index (χ0v) is 11.7. The van der Waals surface area contributed by atoms with E-state index in [1.807, 2.05) is 13.0 Å². The molecule has 0 atom stereocenters. The first-order valence-electron chi connectivity index (χ1n) is 6.01. The van der Waals surface area contributed by atoms with E-state index in [-0.39, 0.29) is 5.56 Å². The standard InChI is InChI=1S/C14H12ClN3O2/c1-6-3-7(2)18-12-9(16)4-8(15)5-10(12)17-13(18)11(6)14(19)20/h3-5H,16H2,1-2H3,(H,19,20). The summed E-state index contributed by atoms with van der Waals surface area (Å²) in [6.07, 6.45) is 0. The number of halogens is 1. The molecule has 3 rings (SSSR count). The lowest BCUT2D eigenvalue weighted by atomic mass is 10.1. The second-order valence-electron chi connectivity index (χ2n) is 4.78. The van der Waals surface area contributed by atoms with Gasteiger partial charge in [-0.2, -0.15) is 0 Å². The number of benzene rings is 1. The molecule has 6 heteroatoms. The van der Waals surface area contributed by atoms with E-state index >= 15 is 0 Å². The van der Waals surface area contributed by atoms with E-state index in [0.717, 1.165) is 5.69 Å². The molecular weight excluding hydrogens is 278 g/mol. The molecule has 102 valence electrons. The number of hydrogen-bond donors (Lipinski definition) is 2. The summed E-state index contributed by atoms with van der Waals surface area (Å²) in [6.45, 7) is 3.65. The number of nitrogens with two attached hydrogens (primary N) is 1. The molecule has 2 heterocycles. The third-order valence-corrected chi connectivity index (χ3v) is 3.57. The SMILES string of the molecule is Cc1cc(C)n2c(nc3cc(Cl)cc(N)c32)c1C(=O)O. The normalized spacial score (nSPS) is 11.3. The van der Waals surface area contributed by atoms with Crippen molar-refractivity contribution in [2.45, 2.75) is 13.8 Å². The molecule has 2 aromatic heterocycles. The molecule has 0 aliphatic rings. The molecule has 3 aromatic rings. The second-order valence-corrected chi connectivity index (χ2v) is 5.22. The number of nitrogen functional groups attached to an aromatic ring is 1. The number of imidazole rings is 1. The highest BCUT2D eigenvalue weighted by atomic mass is 35.5. The highest BCUT2D eigenvalue weighted by Crippen LogP contribution is 2.30. The molecule has 0 saturated heterocycles. The summed E-state index contributed by atoms with van der Waals surface area (Å²) in [5.74, 6) is -1.01. The number of aryl methyl sites for hydroxylation is 2. The zero-order chi connectivity index (χ0) is 14.6. The number of fused-ring (bicyclic) bond motifs is 3. The largest absolute Gasteiger partial charge is 0.478 e. The van der Waals surface area contributed by atoms with Gasteiger partial charge in [-0.25, -0.2) is 9.78 Å². The first-order valence-corrected chi connectivity index (χ1v) is 6.38. The van der Waals surface area contributed by atoms with Gasteiger partial charge in [0.05, 0.1) is 16.7 Å². The van der Waals surface area contributed by atoms with Crippen molar-refractivity contribution in [3.05, 3.63) is 40.0 Å². The molecule has 0 aliphatic carbocycles. The minimum absolute atomic E-state index is 0.183. The number of carboxylic acids is 1. The fraction of sp³-hybridized carbons (Fsp3) is 0.143. The van der Waals surface area contributed by atoms with Gasteiger partial charge < -0.3 is 10.8 Å². The van der Waals surface area contributed by atoms with Gasteiger partial charge in [0.25, 0.3) is 0 Å². The van der Waals surface area contributed by atoms with E-state index in [1.54, 1.807) is 23.5 Å². The summed E-state index contributed by atoms with van der Waals surface area (Å²) >= 11 is 5.98. The lowest BCUT2D eigenvalue weighted by Crippen LogP contribution is -2.06. The lowest BCUT2D eigenvalue weighted by molar-refractivity contribution is 0.0697. The predicted octanol–water partition coefficient (Wildman–Crippen LogP) is 3.04. The molecule has 0 fully saturated rings. The Hall–Kier alpha value is -2.27. The van der Waals surface area contributed by atoms with E-state index in [4.69, 9.17) is 17.3 Å². The first-order chi connectivity index (χ1) is 9.40. The van der Waals surface area contributed by atoms with E-state index in [1.165, 1.54) is 0 Å². The number of aromatic carboxylic acids is 1. The summed E-state index contributed by atoms with van der Waals surface area (Å²) in [5, 5.41) is 9.87. The summed E-state index contributed by atoms with van der Waals surface area (Å²) in [6, 6.07) is 5.13. The summed E-state index contributed by atoms with van der Waals surface area (Å²) in [5.41, 5.74) is 9.87. The molecule has 3 N–H and O–H groups in total. The van der Waals surface area contributed by atoms with Crippen molar-refractivity contribution in [1.82, 2.24) is 9.38 Å². The van der Waals surface area contributed by atoms with Crippen LogP contribution < -0.4 is 5.73 Å². The fourth-order valence-corrected chi connectivity index (χ4v) is 2.83. The van der Waals surface area contributed by atoms with Gasteiger partial charge >= 0.3 is 5.97 Å². The van der Waals surface area contributed by atoms with E-state index < -0.39 is 5.97 Å². The van der Waals surface area contributed by atoms with Crippen molar-refractivity contribution in [2.75, 3.05) is 5.73 Å². The Balaban J connectivity index is 2.63. The van der Waals surface area contributed by atoms with Crippen molar-refractivity contribution < 1.29 is 9.90 Å².